The van der Waals surface area contributed by atoms with Gasteiger partial charge in [0.15, 0.2) is 10.9 Å². The average Bonchev–Trinajstić information content (AvgIpc) is 3.23. The molecule has 3 aromatic carbocycles. The minimum absolute atomic E-state index is 0.0333. The standard InChI is InChI=1S/C43H52I4N8O13S/c44-29-16-28(17-30(45)40(29)65)68-41-31(46)13-25(14-32(41)47)15-33(42(66)67)52-36(58)4-2-1-3-9-50-43(69)51-26-7-5-24(6-8-26)12-27(55(20-35(49)57)23-39(63)64)18-53(21-37(59)60)10-11-54(19-34(48)56)22-38(61)62/h5-8,13-14,16-17,27,33,65H,1-4,9-12,15,18-23H2,(H2,48,56)(H2,49,57)(H,52,58)(H,59,60)(H,61,62)(H,63,64)(H,66,67)(H2,50,51,69). The van der Waals surface area contributed by atoms with Gasteiger partial charge in [0, 0.05) is 50.7 Å². The SMILES string of the molecule is NC(=O)CN(CCN(CC(=O)O)CC(Cc1ccc(NC(=S)NCCCCCC(=O)NC(Cc2cc(I)c(Oc3cc(I)c(O)c(I)c3)c(I)c2)C(=O)O)cc1)N(CC(N)=O)CC(=O)O)CC(=O)O. The van der Waals surface area contributed by atoms with Crippen LogP contribution in [0.2, 0.25) is 0 Å². The number of ether oxygens (including phenoxy) is 1. The van der Waals surface area contributed by atoms with Gasteiger partial charge in [-0.1, -0.05) is 18.6 Å². The van der Waals surface area contributed by atoms with Crippen molar-refractivity contribution in [3.8, 4) is 17.2 Å². The van der Waals surface area contributed by atoms with Crippen LogP contribution in [-0.2, 0) is 46.4 Å². The van der Waals surface area contributed by atoms with Crippen LogP contribution in [0.5, 0.6) is 17.2 Å². The summed E-state index contributed by atoms with van der Waals surface area (Å²) < 4.78 is 8.90. The fourth-order valence-electron chi connectivity index (χ4n) is 6.84. The average molecular weight is 1430 g/mol. The second-order valence-corrected chi connectivity index (χ2v) is 20.7. The third kappa shape index (κ3) is 22.8. The van der Waals surface area contributed by atoms with Gasteiger partial charge in [0.25, 0.3) is 0 Å². The molecule has 0 aliphatic rings. The lowest BCUT2D eigenvalue weighted by Crippen LogP contribution is -2.52. The highest BCUT2D eigenvalue weighted by atomic mass is 127. The first-order valence-corrected chi connectivity index (χ1v) is 25.6. The first-order valence-electron chi connectivity index (χ1n) is 20.9. The lowest BCUT2D eigenvalue weighted by Gasteiger charge is -2.34. The topological polar surface area (TPSA) is 328 Å². The number of carbonyl (C=O) groups excluding carboxylic acids is 3. The molecule has 0 bridgehead atoms. The number of primary amides is 2. The molecule has 2 unspecified atom stereocenters. The van der Waals surface area contributed by atoms with Crippen LogP contribution in [-0.4, -0.2) is 158 Å². The van der Waals surface area contributed by atoms with Crippen LogP contribution >= 0.6 is 103 Å². The summed E-state index contributed by atoms with van der Waals surface area (Å²) >= 11 is 13.7. The van der Waals surface area contributed by atoms with Crippen molar-refractivity contribution >= 4 is 155 Å². The van der Waals surface area contributed by atoms with Crippen LogP contribution in [0.3, 0.4) is 0 Å². The van der Waals surface area contributed by atoms with Crippen LogP contribution in [0.4, 0.5) is 5.69 Å². The quantitative estimate of drug-likeness (QED) is 0.0251. The molecule has 26 heteroatoms. The summed E-state index contributed by atoms with van der Waals surface area (Å²) in [6.07, 6.45) is 2.17. The van der Waals surface area contributed by atoms with Gasteiger partial charge in [0.2, 0.25) is 17.7 Å². The predicted molar refractivity (Wildman–Crippen MR) is 291 cm³/mol. The smallest absolute Gasteiger partial charge is 0.326 e. The Morgan fingerprint density at radius 3 is 1.80 bits per heavy atom. The van der Waals surface area contributed by atoms with E-state index in [-0.39, 0.29) is 57.1 Å². The number of phenols is 1. The van der Waals surface area contributed by atoms with E-state index < -0.39 is 74.0 Å². The van der Waals surface area contributed by atoms with Crippen molar-refractivity contribution in [3.05, 3.63) is 73.9 Å². The Labute approximate surface area is 457 Å². The van der Waals surface area contributed by atoms with Crippen molar-refractivity contribution in [3.63, 3.8) is 0 Å². The molecule has 0 radical (unpaired) electrons. The summed E-state index contributed by atoms with van der Waals surface area (Å²) in [7, 11) is 0. The maximum absolute atomic E-state index is 12.8. The highest BCUT2D eigenvalue weighted by Crippen LogP contribution is 2.37. The number of carboxylic acids is 4. The van der Waals surface area contributed by atoms with Crippen LogP contribution in [0, 0.1) is 14.3 Å². The van der Waals surface area contributed by atoms with E-state index in [4.69, 9.17) is 28.4 Å². The lowest BCUT2D eigenvalue weighted by molar-refractivity contribution is -0.142. The molecule has 376 valence electrons. The maximum atomic E-state index is 12.8. The van der Waals surface area contributed by atoms with Crippen molar-refractivity contribution in [2.45, 2.75) is 50.6 Å². The number of aromatic hydroxyl groups is 1. The van der Waals surface area contributed by atoms with Crippen molar-refractivity contribution in [1.29, 1.82) is 0 Å². The molecule has 0 aromatic heterocycles. The molecule has 69 heavy (non-hydrogen) atoms. The van der Waals surface area contributed by atoms with E-state index in [1.54, 1.807) is 36.4 Å². The summed E-state index contributed by atoms with van der Waals surface area (Å²) in [5, 5.41) is 57.7. The second-order valence-electron chi connectivity index (χ2n) is 15.6. The number of phenolic OH excluding ortho intramolecular Hbond substituents is 1. The van der Waals surface area contributed by atoms with Crippen molar-refractivity contribution in [1.82, 2.24) is 25.3 Å². The van der Waals surface area contributed by atoms with E-state index in [1.165, 1.54) is 14.7 Å². The highest BCUT2D eigenvalue weighted by Gasteiger charge is 2.27. The second kappa shape index (κ2) is 30.0. The summed E-state index contributed by atoms with van der Waals surface area (Å²) in [6.45, 7) is -2.14. The molecule has 0 heterocycles. The molecular weight excluding hydrogens is 1380 g/mol. The minimum atomic E-state index is -1.25. The monoisotopic (exact) mass is 1430 g/mol. The van der Waals surface area contributed by atoms with Crippen LogP contribution < -0.4 is 32.2 Å². The number of carboxylic acid groups (broad SMARTS) is 4. The largest absolute Gasteiger partial charge is 0.506 e. The highest BCUT2D eigenvalue weighted by molar-refractivity contribution is 14.1. The number of amides is 3. The Kier molecular flexibility index (Phi) is 25.8. The van der Waals surface area contributed by atoms with Gasteiger partial charge in [0.05, 0.1) is 47.0 Å². The first kappa shape index (κ1) is 59.3. The zero-order valence-electron chi connectivity index (χ0n) is 36.8. The molecule has 3 aromatic rings. The summed E-state index contributed by atoms with van der Waals surface area (Å²) in [5.41, 5.74) is 12.7. The number of aliphatic carboxylic acids is 4. The van der Waals surface area contributed by atoms with Gasteiger partial charge in [-0.25, -0.2) is 4.79 Å². The van der Waals surface area contributed by atoms with E-state index in [1.807, 2.05) is 57.3 Å². The lowest BCUT2D eigenvalue weighted by atomic mass is 10.0. The van der Waals surface area contributed by atoms with Gasteiger partial charge in [-0.3, -0.25) is 43.5 Å². The number of nitrogens with one attached hydrogen (secondary N) is 3. The minimum Gasteiger partial charge on any atom is -0.506 e. The Hall–Kier alpha value is -3.96. The number of rotatable bonds is 31. The Morgan fingerprint density at radius 1 is 0.681 bits per heavy atom. The molecule has 12 N–H and O–H groups in total. The van der Waals surface area contributed by atoms with Crippen LogP contribution in [0.1, 0.15) is 36.8 Å². The summed E-state index contributed by atoms with van der Waals surface area (Å²) in [4.78, 5) is 87.5. The van der Waals surface area contributed by atoms with Crippen LogP contribution in [0.15, 0.2) is 48.5 Å². The number of hydrogen-bond donors (Lipinski definition) is 10. The van der Waals surface area contributed by atoms with E-state index in [0.29, 0.717) is 66.4 Å². The van der Waals surface area contributed by atoms with Gasteiger partial charge in [-0.2, -0.15) is 0 Å². The number of nitrogens with zero attached hydrogens (tertiary/aromatic N) is 3. The van der Waals surface area contributed by atoms with Gasteiger partial charge >= 0.3 is 23.9 Å². The molecular formula is C43H52I4N8O13S. The molecule has 0 saturated heterocycles. The third-order valence-electron chi connectivity index (χ3n) is 9.90. The summed E-state index contributed by atoms with van der Waals surface area (Å²) in [6, 6.07) is 12.1. The maximum Gasteiger partial charge on any atom is 0.326 e. The zero-order valence-corrected chi connectivity index (χ0v) is 46.2. The van der Waals surface area contributed by atoms with E-state index in [9.17, 15) is 59.1 Å². The Bertz CT molecular complexity index is 2250. The molecule has 21 nitrogen and oxygen atoms in total. The molecule has 2 atom stereocenters. The van der Waals surface area contributed by atoms with Gasteiger partial charge in [-0.15, -0.1) is 0 Å². The molecule has 0 saturated carbocycles. The third-order valence-corrected chi connectivity index (χ3v) is 13.4. The molecule has 0 fully saturated rings. The Morgan fingerprint density at radius 2 is 1.25 bits per heavy atom. The number of nitrogens with two attached hydrogens (primary N) is 2. The predicted octanol–water partition coefficient (Wildman–Crippen LogP) is 3.30. The number of hydrogen-bond acceptors (Lipinski definition) is 13. The number of carbonyl (C=O) groups is 7. The fraction of sp³-hybridized carbons (Fsp3) is 0.395. The summed E-state index contributed by atoms with van der Waals surface area (Å²) in [5.74, 6) is -5.50. The molecule has 3 rings (SSSR count). The molecule has 0 spiro atoms. The van der Waals surface area contributed by atoms with Gasteiger partial charge in [-0.05, 0) is 169 Å². The fourth-order valence-corrected chi connectivity index (χ4v) is 10.9. The van der Waals surface area contributed by atoms with Crippen molar-refractivity contribution in [2.24, 2.45) is 11.5 Å². The number of benzene rings is 3. The number of anilines is 1. The van der Waals surface area contributed by atoms with Gasteiger partial charge in [0.1, 0.15) is 17.5 Å². The van der Waals surface area contributed by atoms with Crippen LogP contribution in [0.25, 0.3) is 0 Å². The number of thiocarbonyl (C=S) groups is 1. The molecule has 0 aliphatic carbocycles. The normalized spacial score (nSPS) is 12.0. The van der Waals surface area contributed by atoms with Crippen molar-refractivity contribution in [2.75, 3.05) is 64.2 Å². The Balaban J connectivity index is 1.52. The van der Waals surface area contributed by atoms with Crippen molar-refractivity contribution < 1.29 is 63.8 Å². The van der Waals surface area contributed by atoms with E-state index in [0.717, 1.165) is 7.14 Å². The first-order chi connectivity index (χ1) is 32.5. The number of unbranched alkanes of at least 4 members (excludes halogenated alkanes) is 2. The molecule has 3 amide bonds. The van der Waals surface area contributed by atoms with Gasteiger partial charge < -0.3 is 57.7 Å². The molecule has 0 aliphatic heterocycles. The van der Waals surface area contributed by atoms with E-state index >= 15 is 0 Å². The number of halogens is 4. The zero-order chi connectivity index (χ0) is 51.4. The van der Waals surface area contributed by atoms with E-state index in [2.05, 4.69) is 61.1 Å².